The van der Waals surface area contributed by atoms with E-state index in [-0.39, 0.29) is 16.4 Å². The number of fused-ring (bicyclic) bond motifs is 1. The van der Waals surface area contributed by atoms with E-state index in [1.165, 1.54) is 30.6 Å². The maximum absolute atomic E-state index is 14.2. The number of carbonyl (C=O) groups excluding carboxylic acids is 1. The first-order valence-corrected chi connectivity index (χ1v) is 12.0. The SMILES string of the molecule is Cc1c(C(=O)Nc2ccccc2C(F)(F)F)sc2ncnc(N3CCN(c4ccccc4F)CC3)c12. The second-order valence-electron chi connectivity index (χ2n) is 8.36. The van der Waals surface area contributed by atoms with Crippen LogP contribution in [0.5, 0.6) is 0 Å². The van der Waals surface area contributed by atoms with Gasteiger partial charge in [-0.3, -0.25) is 4.79 Å². The average Bonchev–Trinajstić information content (AvgIpc) is 3.21. The zero-order valence-electron chi connectivity index (χ0n) is 19.1. The normalized spacial score (nSPS) is 14.4. The van der Waals surface area contributed by atoms with Gasteiger partial charge in [0.2, 0.25) is 0 Å². The quantitative estimate of drug-likeness (QED) is 0.352. The maximum Gasteiger partial charge on any atom is 0.418 e. The molecule has 1 aliphatic rings. The fraction of sp³-hybridized carbons (Fsp3) is 0.240. The number of thiophene rings is 1. The summed E-state index contributed by atoms with van der Waals surface area (Å²) in [5.41, 5.74) is -0.0633. The molecule has 0 unspecified atom stereocenters. The van der Waals surface area contributed by atoms with Gasteiger partial charge in [0.25, 0.3) is 5.91 Å². The summed E-state index contributed by atoms with van der Waals surface area (Å²) in [6.45, 7) is 4.06. The predicted molar refractivity (Wildman–Crippen MR) is 132 cm³/mol. The van der Waals surface area contributed by atoms with Gasteiger partial charge in [-0.25, -0.2) is 14.4 Å². The fourth-order valence-electron chi connectivity index (χ4n) is 4.40. The van der Waals surface area contributed by atoms with Crippen LogP contribution in [0, 0.1) is 12.7 Å². The smallest absolute Gasteiger partial charge is 0.366 e. The highest BCUT2D eigenvalue weighted by Gasteiger charge is 2.34. The van der Waals surface area contributed by atoms with Gasteiger partial charge in [0.05, 0.1) is 27.2 Å². The molecule has 0 atom stereocenters. The zero-order valence-corrected chi connectivity index (χ0v) is 20.0. The van der Waals surface area contributed by atoms with E-state index in [1.54, 1.807) is 25.1 Å². The molecule has 1 N–H and O–H groups in total. The number of nitrogens with zero attached hydrogens (tertiary/aromatic N) is 4. The van der Waals surface area contributed by atoms with Crippen molar-refractivity contribution in [1.82, 2.24) is 9.97 Å². The molecule has 186 valence electrons. The molecule has 11 heteroatoms. The Labute approximate surface area is 208 Å². The van der Waals surface area contributed by atoms with E-state index >= 15 is 0 Å². The van der Waals surface area contributed by atoms with Crippen molar-refractivity contribution in [2.45, 2.75) is 13.1 Å². The summed E-state index contributed by atoms with van der Waals surface area (Å²) in [6.07, 6.45) is -3.18. The van der Waals surface area contributed by atoms with Gasteiger partial charge in [-0.2, -0.15) is 13.2 Å². The molecular formula is C25H21F4N5OS. The number of benzene rings is 2. The second kappa shape index (κ2) is 9.38. The molecule has 3 heterocycles. The number of halogens is 4. The van der Waals surface area contributed by atoms with E-state index in [9.17, 15) is 22.4 Å². The van der Waals surface area contributed by atoms with Crippen LogP contribution in [0.15, 0.2) is 54.9 Å². The summed E-state index contributed by atoms with van der Waals surface area (Å²) < 4.78 is 54.3. The van der Waals surface area contributed by atoms with E-state index in [4.69, 9.17) is 0 Å². The van der Waals surface area contributed by atoms with E-state index in [0.717, 1.165) is 17.4 Å². The molecule has 1 amide bonds. The van der Waals surface area contributed by atoms with E-state index in [2.05, 4.69) is 20.2 Å². The number of aryl methyl sites for hydroxylation is 1. The summed E-state index contributed by atoms with van der Waals surface area (Å²) in [7, 11) is 0. The lowest BCUT2D eigenvalue weighted by Gasteiger charge is -2.37. The lowest BCUT2D eigenvalue weighted by molar-refractivity contribution is -0.136. The van der Waals surface area contributed by atoms with Crippen LogP contribution in [0.25, 0.3) is 10.2 Å². The predicted octanol–water partition coefficient (Wildman–Crippen LogP) is 5.74. The van der Waals surface area contributed by atoms with Crippen molar-refractivity contribution in [2.75, 3.05) is 41.3 Å². The van der Waals surface area contributed by atoms with Crippen molar-refractivity contribution in [3.63, 3.8) is 0 Å². The van der Waals surface area contributed by atoms with Crippen molar-refractivity contribution in [1.29, 1.82) is 0 Å². The largest absolute Gasteiger partial charge is 0.418 e. The number of para-hydroxylation sites is 2. The third-order valence-electron chi connectivity index (χ3n) is 6.17. The van der Waals surface area contributed by atoms with Crippen LogP contribution in [-0.2, 0) is 6.18 Å². The lowest BCUT2D eigenvalue weighted by atomic mass is 10.1. The molecule has 0 aliphatic carbocycles. The van der Waals surface area contributed by atoms with Gasteiger partial charge in [-0.05, 0) is 36.8 Å². The summed E-state index contributed by atoms with van der Waals surface area (Å²) in [5, 5.41) is 3.10. The molecule has 0 bridgehead atoms. The van der Waals surface area contributed by atoms with Gasteiger partial charge < -0.3 is 15.1 Å². The first-order valence-electron chi connectivity index (χ1n) is 11.2. The number of carbonyl (C=O) groups is 1. The van der Waals surface area contributed by atoms with Crippen LogP contribution in [0.4, 0.5) is 34.8 Å². The topological polar surface area (TPSA) is 61.4 Å². The fourth-order valence-corrected chi connectivity index (χ4v) is 5.43. The van der Waals surface area contributed by atoms with Gasteiger partial charge in [-0.1, -0.05) is 24.3 Å². The van der Waals surface area contributed by atoms with Gasteiger partial charge >= 0.3 is 6.18 Å². The lowest BCUT2D eigenvalue weighted by Crippen LogP contribution is -2.47. The van der Waals surface area contributed by atoms with Crippen molar-refractivity contribution < 1.29 is 22.4 Å². The third-order valence-corrected chi connectivity index (χ3v) is 7.36. The van der Waals surface area contributed by atoms with Gasteiger partial charge in [0.15, 0.2) is 0 Å². The number of anilines is 3. The summed E-state index contributed by atoms with van der Waals surface area (Å²) >= 11 is 1.11. The van der Waals surface area contributed by atoms with Crippen molar-refractivity contribution in [3.05, 3.63) is 76.7 Å². The van der Waals surface area contributed by atoms with Crippen LogP contribution in [0.2, 0.25) is 0 Å². The van der Waals surface area contributed by atoms with Crippen LogP contribution >= 0.6 is 11.3 Å². The monoisotopic (exact) mass is 515 g/mol. The minimum Gasteiger partial charge on any atom is -0.366 e. The Bertz CT molecular complexity index is 1430. The van der Waals surface area contributed by atoms with Crippen LogP contribution in [-0.4, -0.2) is 42.1 Å². The molecule has 2 aromatic carbocycles. The van der Waals surface area contributed by atoms with Crippen LogP contribution in [0.3, 0.4) is 0 Å². The van der Waals surface area contributed by atoms with Crippen LogP contribution in [0.1, 0.15) is 20.8 Å². The molecule has 36 heavy (non-hydrogen) atoms. The first-order chi connectivity index (χ1) is 17.2. The number of rotatable bonds is 4. The van der Waals surface area contributed by atoms with Gasteiger partial charge in [0, 0.05) is 26.2 Å². The summed E-state index contributed by atoms with van der Waals surface area (Å²) in [4.78, 5) is 26.7. The minimum atomic E-state index is -4.59. The van der Waals surface area contributed by atoms with Crippen molar-refractivity contribution in [2.24, 2.45) is 0 Å². The third kappa shape index (κ3) is 4.46. The Morgan fingerprint density at radius 2 is 1.64 bits per heavy atom. The van der Waals surface area contributed by atoms with Crippen LogP contribution < -0.4 is 15.1 Å². The molecule has 2 aromatic heterocycles. The first kappa shape index (κ1) is 24.0. The number of nitrogens with one attached hydrogen (secondary N) is 1. The van der Waals surface area contributed by atoms with Crippen molar-refractivity contribution >= 4 is 44.7 Å². The Balaban J connectivity index is 1.40. The number of hydrogen-bond acceptors (Lipinski definition) is 6. The molecule has 1 saturated heterocycles. The molecule has 1 aliphatic heterocycles. The number of amides is 1. The number of hydrogen-bond donors (Lipinski definition) is 1. The molecule has 0 radical (unpaired) electrons. The Morgan fingerprint density at radius 1 is 0.972 bits per heavy atom. The Kier molecular flexibility index (Phi) is 6.25. The molecule has 1 fully saturated rings. The highest BCUT2D eigenvalue weighted by Crippen LogP contribution is 2.38. The maximum atomic E-state index is 14.2. The minimum absolute atomic E-state index is 0.271. The molecule has 0 spiro atoms. The Hall–Kier alpha value is -3.73. The number of aromatic nitrogens is 2. The van der Waals surface area contributed by atoms with E-state index < -0.39 is 17.6 Å². The highest BCUT2D eigenvalue weighted by atomic mass is 32.1. The zero-order chi connectivity index (χ0) is 25.4. The summed E-state index contributed by atoms with van der Waals surface area (Å²) in [5.74, 6) is -0.258. The van der Waals surface area contributed by atoms with Gasteiger partial charge in [-0.15, -0.1) is 11.3 Å². The van der Waals surface area contributed by atoms with E-state index in [1.807, 2.05) is 4.90 Å². The molecule has 0 saturated carbocycles. The standard InChI is InChI=1S/C25H21F4N5OS/c1-15-20-22(34-12-10-33(11-13-34)19-9-5-3-7-17(19)26)30-14-31-24(20)36-21(15)23(35)32-18-8-4-2-6-16(18)25(27,28)29/h2-9,14H,10-13H2,1H3,(H,32,35). The van der Waals surface area contributed by atoms with Crippen molar-refractivity contribution in [3.8, 4) is 0 Å². The molecular weight excluding hydrogens is 494 g/mol. The number of alkyl halides is 3. The summed E-state index contributed by atoms with van der Waals surface area (Å²) in [6, 6.07) is 11.5. The molecule has 5 rings (SSSR count). The van der Waals surface area contributed by atoms with Gasteiger partial charge in [0.1, 0.15) is 22.8 Å². The second-order valence-corrected chi connectivity index (χ2v) is 9.36. The average molecular weight is 516 g/mol. The Morgan fingerprint density at radius 3 is 2.36 bits per heavy atom. The van der Waals surface area contributed by atoms with E-state index in [0.29, 0.717) is 53.5 Å². The number of piperazine rings is 1. The molecule has 6 nitrogen and oxygen atoms in total. The highest BCUT2D eigenvalue weighted by molar-refractivity contribution is 7.20. The molecule has 4 aromatic rings.